The van der Waals surface area contributed by atoms with Crippen LogP contribution in [0.3, 0.4) is 0 Å². The predicted molar refractivity (Wildman–Crippen MR) is 81.7 cm³/mol. The maximum absolute atomic E-state index is 12.4. The molecule has 1 rings (SSSR count). The van der Waals surface area contributed by atoms with E-state index >= 15 is 0 Å². The second kappa shape index (κ2) is 6.59. The molecule has 1 aromatic carbocycles. The molecule has 0 bridgehead atoms. The third kappa shape index (κ3) is 3.96. The third-order valence-corrected chi connectivity index (χ3v) is 5.03. The van der Waals surface area contributed by atoms with E-state index in [1.165, 1.54) is 0 Å². The van der Waals surface area contributed by atoms with Crippen LogP contribution < -0.4 is 9.46 Å². The van der Waals surface area contributed by atoms with Crippen LogP contribution in [0.15, 0.2) is 23.1 Å². The average Bonchev–Trinajstić information content (AvgIpc) is 2.37. The molecule has 0 aliphatic rings. The van der Waals surface area contributed by atoms with Gasteiger partial charge in [0.2, 0.25) is 10.0 Å². The first kappa shape index (κ1) is 17.0. The van der Waals surface area contributed by atoms with E-state index in [0.29, 0.717) is 0 Å². The Morgan fingerprint density at radius 3 is 2.15 bits per heavy atom. The van der Waals surface area contributed by atoms with Crippen molar-refractivity contribution in [2.24, 2.45) is 5.92 Å². The lowest BCUT2D eigenvalue weighted by atomic mass is 10.0. The maximum atomic E-state index is 12.4. The molecule has 5 heteroatoms. The molecule has 1 aromatic rings. The van der Waals surface area contributed by atoms with Crippen LogP contribution in [0.1, 0.15) is 46.1 Å². The first-order valence-electron chi connectivity index (χ1n) is 6.89. The van der Waals surface area contributed by atoms with Crippen LogP contribution in [-0.4, -0.2) is 21.6 Å². The van der Waals surface area contributed by atoms with Gasteiger partial charge in [-0.05, 0) is 42.5 Å². The fraction of sp³-hybridized carbons (Fsp3) is 0.600. The molecule has 0 aliphatic carbocycles. The van der Waals surface area contributed by atoms with Gasteiger partial charge in [0.15, 0.2) is 0 Å². The van der Waals surface area contributed by atoms with Gasteiger partial charge in [-0.1, -0.05) is 27.7 Å². The lowest BCUT2D eigenvalue weighted by molar-refractivity contribution is 0.407. The number of sulfonamides is 1. The van der Waals surface area contributed by atoms with Crippen molar-refractivity contribution in [1.82, 2.24) is 4.72 Å². The van der Waals surface area contributed by atoms with E-state index in [2.05, 4.69) is 4.72 Å². The quantitative estimate of drug-likeness (QED) is 0.878. The summed E-state index contributed by atoms with van der Waals surface area (Å²) in [4.78, 5) is 0.287. The minimum absolute atomic E-state index is 0.107. The monoisotopic (exact) mass is 299 g/mol. The van der Waals surface area contributed by atoms with Gasteiger partial charge < -0.3 is 4.74 Å². The van der Waals surface area contributed by atoms with Gasteiger partial charge >= 0.3 is 0 Å². The van der Waals surface area contributed by atoms with Crippen molar-refractivity contribution in [3.8, 4) is 5.75 Å². The van der Waals surface area contributed by atoms with Gasteiger partial charge in [-0.2, -0.15) is 0 Å². The van der Waals surface area contributed by atoms with Crippen LogP contribution in [0, 0.1) is 5.92 Å². The van der Waals surface area contributed by atoms with E-state index in [1.807, 2.05) is 34.6 Å². The number of nitrogens with one attached hydrogen (secondary N) is 1. The summed E-state index contributed by atoms with van der Waals surface area (Å²) in [7, 11) is -1.90. The Labute approximate surface area is 122 Å². The Bertz CT molecular complexity index is 550. The van der Waals surface area contributed by atoms with Crippen molar-refractivity contribution in [3.05, 3.63) is 23.8 Å². The Morgan fingerprint density at radius 2 is 1.70 bits per heavy atom. The molecule has 4 nitrogen and oxygen atoms in total. The molecule has 0 spiro atoms. The van der Waals surface area contributed by atoms with E-state index in [4.69, 9.17) is 4.74 Å². The highest BCUT2D eigenvalue weighted by molar-refractivity contribution is 7.89. The van der Waals surface area contributed by atoms with Crippen LogP contribution in [0.4, 0.5) is 0 Å². The van der Waals surface area contributed by atoms with Gasteiger partial charge in [0.1, 0.15) is 5.75 Å². The van der Waals surface area contributed by atoms with Gasteiger partial charge in [-0.15, -0.1) is 0 Å². The molecule has 114 valence electrons. The van der Waals surface area contributed by atoms with Gasteiger partial charge in [-0.25, -0.2) is 13.1 Å². The summed E-state index contributed by atoms with van der Waals surface area (Å²) in [6.45, 7) is 9.87. The van der Waals surface area contributed by atoms with Gasteiger partial charge in [0, 0.05) is 6.04 Å². The van der Waals surface area contributed by atoms with E-state index < -0.39 is 10.0 Å². The van der Waals surface area contributed by atoms with Gasteiger partial charge in [0.05, 0.1) is 12.0 Å². The molecule has 1 unspecified atom stereocenters. The summed E-state index contributed by atoms with van der Waals surface area (Å²) < 4.78 is 32.7. The summed E-state index contributed by atoms with van der Waals surface area (Å²) in [5.41, 5.74) is 0.896. The number of hydrogen-bond donors (Lipinski definition) is 1. The smallest absolute Gasteiger partial charge is 0.240 e. The molecule has 0 radical (unpaired) electrons. The second-order valence-electron chi connectivity index (χ2n) is 5.71. The molecule has 0 saturated heterocycles. The first-order chi connectivity index (χ1) is 9.19. The highest BCUT2D eigenvalue weighted by Gasteiger charge is 2.21. The van der Waals surface area contributed by atoms with Crippen molar-refractivity contribution in [3.63, 3.8) is 0 Å². The zero-order chi connectivity index (χ0) is 15.5. The highest BCUT2D eigenvalue weighted by Crippen LogP contribution is 2.29. The largest absolute Gasteiger partial charge is 0.496 e. The van der Waals surface area contributed by atoms with Crippen LogP contribution in [0.5, 0.6) is 5.75 Å². The van der Waals surface area contributed by atoms with Crippen molar-refractivity contribution in [1.29, 1.82) is 0 Å². The zero-order valence-electron chi connectivity index (χ0n) is 13.1. The maximum Gasteiger partial charge on any atom is 0.240 e. The standard InChI is InChI=1S/C15H25NO3S/c1-10(2)12(5)16-20(17,18)13-7-8-15(19-6)14(9-13)11(3)4/h7-12,16H,1-6H3. The third-order valence-electron chi connectivity index (χ3n) is 3.47. The number of methoxy groups -OCH3 is 1. The van der Waals surface area contributed by atoms with Gasteiger partial charge in [0.25, 0.3) is 0 Å². The highest BCUT2D eigenvalue weighted by atomic mass is 32.2. The van der Waals surface area contributed by atoms with Crippen LogP contribution in [0.2, 0.25) is 0 Å². The van der Waals surface area contributed by atoms with E-state index in [-0.39, 0.29) is 22.8 Å². The van der Waals surface area contributed by atoms with E-state index in [1.54, 1.807) is 25.3 Å². The molecule has 0 fully saturated rings. The molecule has 1 N–H and O–H groups in total. The molecular formula is C15H25NO3S. The van der Waals surface area contributed by atoms with Crippen molar-refractivity contribution < 1.29 is 13.2 Å². The lowest BCUT2D eigenvalue weighted by Crippen LogP contribution is -2.36. The SMILES string of the molecule is COc1ccc(S(=O)(=O)NC(C)C(C)C)cc1C(C)C. The fourth-order valence-electron chi connectivity index (χ4n) is 1.78. The Hall–Kier alpha value is -1.07. The molecule has 0 heterocycles. The number of hydrogen-bond acceptors (Lipinski definition) is 3. The van der Waals surface area contributed by atoms with Gasteiger partial charge in [-0.3, -0.25) is 0 Å². The van der Waals surface area contributed by atoms with E-state index in [0.717, 1.165) is 11.3 Å². The minimum atomic E-state index is -3.49. The Kier molecular flexibility index (Phi) is 5.59. The zero-order valence-corrected chi connectivity index (χ0v) is 13.9. The number of rotatable bonds is 6. The normalized spacial score (nSPS) is 13.8. The Balaban J connectivity index is 3.16. The Morgan fingerprint density at radius 1 is 1.10 bits per heavy atom. The number of ether oxygens (including phenoxy) is 1. The molecule has 0 amide bonds. The van der Waals surface area contributed by atoms with Crippen LogP contribution >= 0.6 is 0 Å². The first-order valence-corrected chi connectivity index (χ1v) is 8.37. The topological polar surface area (TPSA) is 55.4 Å². The van der Waals surface area contributed by atoms with Crippen LogP contribution in [-0.2, 0) is 10.0 Å². The molecule has 0 saturated carbocycles. The summed E-state index contributed by atoms with van der Waals surface area (Å²) >= 11 is 0. The lowest BCUT2D eigenvalue weighted by Gasteiger charge is -2.19. The van der Waals surface area contributed by atoms with Crippen molar-refractivity contribution in [2.45, 2.75) is 51.5 Å². The predicted octanol–water partition coefficient (Wildman–Crippen LogP) is 3.14. The summed E-state index contributed by atoms with van der Waals surface area (Å²) in [5.74, 6) is 1.16. The van der Waals surface area contributed by atoms with E-state index in [9.17, 15) is 8.42 Å². The summed E-state index contributed by atoms with van der Waals surface area (Å²) in [6.07, 6.45) is 0. The van der Waals surface area contributed by atoms with Crippen LogP contribution in [0.25, 0.3) is 0 Å². The number of benzene rings is 1. The molecule has 1 atom stereocenters. The average molecular weight is 299 g/mol. The second-order valence-corrected chi connectivity index (χ2v) is 7.43. The summed E-state index contributed by atoms with van der Waals surface area (Å²) in [6, 6.07) is 4.88. The minimum Gasteiger partial charge on any atom is -0.496 e. The summed E-state index contributed by atoms with van der Waals surface area (Å²) in [5, 5.41) is 0. The van der Waals surface area contributed by atoms with Crippen molar-refractivity contribution >= 4 is 10.0 Å². The van der Waals surface area contributed by atoms with Crippen molar-refractivity contribution in [2.75, 3.05) is 7.11 Å². The molecule has 0 aliphatic heterocycles. The molecule has 0 aromatic heterocycles. The fourth-order valence-corrected chi connectivity index (χ4v) is 3.21. The molecular weight excluding hydrogens is 274 g/mol. The molecule has 20 heavy (non-hydrogen) atoms.